The molecule has 1 N–H and O–H groups in total. The van der Waals surface area contributed by atoms with Gasteiger partial charge in [0.25, 0.3) is 11.5 Å². The number of aromatic nitrogens is 2. The summed E-state index contributed by atoms with van der Waals surface area (Å²) in [6.07, 6.45) is 1.49. The van der Waals surface area contributed by atoms with Crippen LogP contribution in [-0.2, 0) is 0 Å². The van der Waals surface area contributed by atoms with Gasteiger partial charge in [-0.2, -0.15) is 10.2 Å². The fourth-order valence-corrected chi connectivity index (χ4v) is 2.88. The molecule has 0 saturated carbocycles. The van der Waals surface area contributed by atoms with E-state index in [1.54, 1.807) is 56.7 Å². The third-order valence-corrected chi connectivity index (χ3v) is 4.32. The number of amides is 1. The Bertz CT molecular complexity index is 1140. The normalized spacial score (nSPS) is 11.2. The summed E-state index contributed by atoms with van der Waals surface area (Å²) in [6, 6.07) is 12.0. The summed E-state index contributed by atoms with van der Waals surface area (Å²) in [5.41, 5.74) is 3.09. The van der Waals surface area contributed by atoms with Gasteiger partial charge in [0.05, 0.1) is 31.9 Å². The number of nitrogens with one attached hydrogen (secondary N) is 1. The molecule has 0 unspecified atom stereocenters. The highest BCUT2D eigenvalue weighted by molar-refractivity contribution is 6.05. The lowest BCUT2D eigenvalue weighted by Crippen LogP contribution is -2.30. The highest BCUT2D eigenvalue weighted by Crippen LogP contribution is 2.26. The minimum Gasteiger partial charge on any atom is -0.493 e. The van der Waals surface area contributed by atoms with Crippen LogP contribution in [0.4, 0.5) is 0 Å². The third-order valence-electron chi connectivity index (χ3n) is 4.32. The van der Waals surface area contributed by atoms with E-state index in [0.29, 0.717) is 27.8 Å². The molecule has 29 heavy (non-hydrogen) atoms. The van der Waals surface area contributed by atoms with Crippen LogP contribution in [-0.4, -0.2) is 36.1 Å². The average molecular weight is 394 g/mol. The highest BCUT2D eigenvalue weighted by atomic mass is 16.5. The van der Waals surface area contributed by atoms with E-state index in [0.717, 1.165) is 0 Å². The molecule has 0 aliphatic carbocycles. The Balaban J connectivity index is 1.90. The zero-order valence-corrected chi connectivity index (χ0v) is 16.7. The van der Waals surface area contributed by atoms with E-state index in [1.165, 1.54) is 10.9 Å². The van der Waals surface area contributed by atoms with Crippen molar-refractivity contribution in [2.75, 3.05) is 14.2 Å². The monoisotopic (exact) mass is 394 g/mol. The number of rotatable bonds is 6. The first-order valence-corrected chi connectivity index (χ1v) is 9.03. The molecule has 1 heterocycles. The number of benzene rings is 2. The summed E-state index contributed by atoms with van der Waals surface area (Å²) in [6.45, 7) is 3.67. The fourth-order valence-electron chi connectivity index (χ4n) is 2.88. The molecule has 0 bridgehead atoms. The smallest absolute Gasteiger partial charge is 0.292 e. The lowest BCUT2D eigenvalue weighted by molar-refractivity contribution is 0.0949. The van der Waals surface area contributed by atoms with Crippen LogP contribution in [0.2, 0.25) is 0 Å². The number of carbonyl (C=O) groups is 1. The van der Waals surface area contributed by atoms with Gasteiger partial charge in [-0.1, -0.05) is 18.2 Å². The zero-order valence-electron chi connectivity index (χ0n) is 16.7. The molecular formula is C21H22N4O4. The maximum atomic E-state index is 12.7. The molecule has 0 aliphatic heterocycles. The Labute approximate surface area is 167 Å². The van der Waals surface area contributed by atoms with Crippen LogP contribution in [0.15, 0.2) is 52.4 Å². The van der Waals surface area contributed by atoms with Crippen LogP contribution < -0.4 is 20.5 Å². The quantitative estimate of drug-likeness (QED) is 0.512. The van der Waals surface area contributed by atoms with E-state index in [-0.39, 0.29) is 17.3 Å². The van der Waals surface area contributed by atoms with E-state index < -0.39 is 5.91 Å². The van der Waals surface area contributed by atoms with Gasteiger partial charge in [0.2, 0.25) is 0 Å². The van der Waals surface area contributed by atoms with Gasteiger partial charge >= 0.3 is 0 Å². The van der Waals surface area contributed by atoms with Crippen LogP contribution in [0.1, 0.15) is 35.9 Å². The molecule has 2 aromatic carbocycles. The Morgan fingerprint density at radius 3 is 2.45 bits per heavy atom. The molecule has 1 amide bonds. The van der Waals surface area contributed by atoms with E-state index >= 15 is 0 Å². The van der Waals surface area contributed by atoms with Crippen LogP contribution in [0.3, 0.4) is 0 Å². The SMILES string of the molecule is COc1ccc(/C=N\NC(=O)c2nn(C(C)C)c(=O)c3ccccc23)cc1OC. The Kier molecular flexibility index (Phi) is 5.92. The first kappa shape index (κ1) is 20.1. The Hall–Kier alpha value is -3.68. The van der Waals surface area contributed by atoms with Gasteiger partial charge in [-0.3, -0.25) is 9.59 Å². The standard InChI is InChI=1S/C21H22N4O4/c1-13(2)25-21(27)16-8-6-5-7-15(16)19(24-25)20(26)23-22-12-14-9-10-17(28-3)18(11-14)29-4/h5-13H,1-4H3,(H,23,26)/b22-12-. The molecular weight excluding hydrogens is 372 g/mol. The Morgan fingerprint density at radius 1 is 1.10 bits per heavy atom. The summed E-state index contributed by atoms with van der Waals surface area (Å²) in [5, 5.41) is 9.18. The number of fused-ring (bicyclic) bond motifs is 1. The number of hydrogen-bond donors (Lipinski definition) is 1. The molecule has 0 spiro atoms. The minimum absolute atomic E-state index is 0.137. The van der Waals surface area contributed by atoms with Gasteiger partial charge in [0.1, 0.15) is 0 Å². The molecule has 0 atom stereocenters. The molecule has 8 nitrogen and oxygen atoms in total. The van der Waals surface area contributed by atoms with Gasteiger partial charge in [-0.05, 0) is 43.7 Å². The van der Waals surface area contributed by atoms with Crippen molar-refractivity contribution in [3.05, 3.63) is 64.1 Å². The third kappa shape index (κ3) is 4.11. The molecule has 0 radical (unpaired) electrons. The fraction of sp³-hybridized carbons (Fsp3) is 0.238. The largest absolute Gasteiger partial charge is 0.493 e. The lowest BCUT2D eigenvalue weighted by atomic mass is 10.1. The van der Waals surface area contributed by atoms with Crippen molar-refractivity contribution in [2.45, 2.75) is 19.9 Å². The summed E-state index contributed by atoms with van der Waals surface area (Å²) >= 11 is 0. The molecule has 150 valence electrons. The molecule has 3 aromatic rings. The second-order valence-corrected chi connectivity index (χ2v) is 6.55. The van der Waals surface area contributed by atoms with Gasteiger partial charge in [-0.25, -0.2) is 10.1 Å². The van der Waals surface area contributed by atoms with Gasteiger partial charge in [0.15, 0.2) is 17.2 Å². The lowest BCUT2D eigenvalue weighted by Gasteiger charge is -2.12. The van der Waals surface area contributed by atoms with Gasteiger partial charge in [-0.15, -0.1) is 0 Å². The molecule has 0 fully saturated rings. The Morgan fingerprint density at radius 2 is 1.79 bits per heavy atom. The van der Waals surface area contributed by atoms with Gasteiger partial charge in [0, 0.05) is 5.39 Å². The van der Waals surface area contributed by atoms with E-state index in [2.05, 4.69) is 15.6 Å². The van der Waals surface area contributed by atoms with E-state index in [1.807, 2.05) is 13.8 Å². The number of ether oxygens (including phenoxy) is 2. The van der Waals surface area contributed by atoms with Crippen molar-refractivity contribution in [2.24, 2.45) is 5.10 Å². The van der Waals surface area contributed by atoms with Crippen molar-refractivity contribution >= 4 is 22.9 Å². The molecule has 1 aromatic heterocycles. The molecule has 0 saturated heterocycles. The van der Waals surface area contributed by atoms with Crippen molar-refractivity contribution in [1.82, 2.24) is 15.2 Å². The summed E-state index contributed by atoms with van der Waals surface area (Å²) in [7, 11) is 3.10. The molecule has 0 aliphatic rings. The molecule has 8 heteroatoms. The number of hydrazone groups is 1. The first-order valence-electron chi connectivity index (χ1n) is 9.03. The van der Waals surface area contributed by atoms with Crippen molar-refractivity contribution in [1.29, 1.82) is 0 Å². The summed E-state index contributed by atoms with van der Waals surface area (Å²) in [4.78, 5) is 25.3. The average Bonchev–Trinajstić information content (AvgIpc) is 2.73. The predicted octanol–water partition coefficient (Wildman–Crippen LogP) is 2.76. The predicted molar refractivity (Wildman–Crippen MR) is 111 cm³/mol. The van der Waals surface area contributed by atoms with Crippen LogP contribution >= 0.6 is 0 Å². The minimum atomic E-state index is -0.507. The maximum absolute atomic E-state index is 12.7. The van der Waals surface area contributed by atoms with E-state index in [9.17, 15) is 9.59 Å². The second kappa shape index (κ2) is 8.55. The van der Waals surface area contributed by atoms with Crippen LogP contribution in [0.5, 0.6) is 11.5 Å². The van der Waals surface area contributed by atoms with Gasteiger partial charge < -0.3 is 9.47 Å². The topological polar surface area (TPSA) is 94.8 Å². The highest BCUT2D eigenvalue weighted by Gasteiger charge is 2.17. The van der Waals surface area contributed by atoms with Crippen molar-refractivity contribution < 1.29 is 14.3 Å². The van der Waals surface area contributed by atoms with Crippen LogP contribution in [0.25, 0.3) is 10.8 Å². The van der Waals surface area contributed by atoms with Crippen molar-refractivity contribution in [3.8, 4) is 11.5 Å². The molecule has 3 rings (SSSR count). The maximum Gasteiger partial charge on any atom is 0.292 e. The van der Waals surface area contributed by atoms with Crippen molar-refractivity contribution in [3.63, 3.8) is 0 Å². The number of methoxy groups -OCH3 is 2. The summed E-state index contributed by atoms with van der Waals surface area (Å²) < 4.78 is 11.8. The first-order chi connectivity index (χ1) is 14.0. The summed E-state index contributed by atoms with van der Waals surface area (Å²) in [5.74, 6) is 0.645. The number of hydrogen-bond acceptors (Lipinski definition) is 6. The van der Waals surface area contributed by atoms with Crippen LogP contribution in [0, 0.1) is 0 Å². The second-order valence-electron chi connectivity index (χ2n) is 6.55. The van der Waals surface area contributed by atoms with E-state index in [4.69, 9.17) is 9.47 Å². The zero-order chi connectivity index (χ0) is 21.0. The number of carbonyl (C=O) groups excluding carboxylic acids is 1. The number of nitrogens with zero attached hydrogens (tertiary/aromatic N) is 3.